The molecule has 0 heterocycles. The van der Waals surface area contributed by atoms with E-state index in [1.807, 2.05) is 6.07 Å². The van der Waals surface area contributed by atoms with Gasteiger partial charge in [0.25, 0.3) is 5.91 Å². The maximum atomic E-state index is 11.7. The Morgan fingerprint density at radius 1 is 1.56 bits per heavy atom. The van der Waals surface area contributed by atoms with Crippen LogP contribution in [0, 0.1) is 0 Å². The molecule has 1 amide bonds. The summed E-state index contributed by atoms with van der Waals surface area (Å²) in [5.41, 5.74) is 0.603. The second-order valence-electron chi connectivity index (χ2n) is 3.85. The van der Waals surface area contributed by atoms with Crippen LogP contribution in [0.3, 0.4) is 0 Å². The van der Waals surface area contributed by atoms with Crippen molar-refractivity contribution in [1.82, 2.24) is 5.32 Å². The summed E-state index contributed by atoms with van der Waals surface area (Å²) in [6.45, 7) is 6.83. The maximum absolute atomic E-state index is 11.7. The molecule has 98 valence electrons. The number of hydrogen-bond donors (Lipinski definition) is 1. The molecule has 0 radical (unpaired) electrons. The number of rotatable bonds is 7. The van der Waals surface area contributed by atoms with Crippen LogP contribution in [0.25, 0.3) is 0 Å². The molecule has 18 heavy (non-hydrogen) atoms. The Hall–Kier alpha value is -1.29. The van der Waals surface area contributed by atoms with Crippen LogP contribution in [-0.2, 0) is 0 Å². The SMILES string of the molecule is C=CCNC(=O)c1ccc(OCCCC)c(Br)c1. The zero-order valence-corrected chi connectivity index (χ0v) is 12.1. The molecular weight excluding hydrogens is 294 g/mol. The molecule has 0 saturated carbocycles. The monoisotopic (exact) mass is 311 g/mol. The van der Waals surface area contributed by atoms with Crippen LogP contribution < -0.4 is 10.1 Å². The van der Waals surface area contributed by atoms with Crippen molar-refractivity contribution >= 4 is 21.8 Å². The summed E-state index contributed by atoms with van der Waals surface area (Å²) in [7, 11) is 0. The highest BCUT2D eigenvalue weighted by molar-refractivity contribution is 9.10. The Balaban J connectivity index is 2.66. The van der Waals surface area contributed by atoms with E-state index in [1.165, 1.54) is 0 Å². The highest BCUT2D eigenvalue weighted by atomic mass is 79.9. The van der Waals surface area contributed by atoms with Crippen molar-refractivity contribution < 1.29 is 9.53 Å². The van der Waals surface area contributed by atoms with Gasteiger partial charge in [-0.1, -0.05) is 19.4 Å². The quantitative estimate of drug-likeness (QED) is 0.618. The summed E-state index contributed by atoms with van der Waals surface area (Å²) in [4.78, 5) is 11.7. The largest absolute Gasteiger partial charge is 0.492 e. The number of carbonyl (C=O) groups excluding carboxylic acids is 1. The predicted molar refractivity (Wildman–Crippen MR) is 77.1 cm³/mol. The molecule has 0 unspecified atom stereocenters. The Morgan fingerprint density at radius 2 is 2.33 bits per heavy atom. The van der Waals surface area contributed by atoms with Gasteiger partial charge in [-0.15, -0.1) is 6.58 Å². The van der Waals surface area contributed by atoms with E-state index in [2.05, 4.69) is 34.7 Å². The van der Waals surface area contributed by atoms with Gasteiger partial charge in [0.15, 0.2) is 0 Å². The number of carbonyl (C=O) groups is 1. The minimum absolute atomic E-state index is 0.115. The molecule has 0 saturated heterocycles. The van der Waals surface area contributed by atoms with E-state index >= 15 is 0 Å². The van der Waals surface area contributed by atoms with Crippen LogP contribution in [0.2, 0.25) is 0 Å². The van der Waals surface area contributed by atoms with Gasteiger partial charge in [-0.2, -0.15) is 0 Å². The first-order valence-electron chi connectivity index (χ1n) is 6.00. The average Bonchev–Trinajstić information content (AvgIpc) is 2.38. The molecule has 4 heteroatoms. The minimum atomic E-state index is -0.115. The van der Waals surface area contributed by atoms with E-state index in [4.69, 9.17) is 4.74 Å². The first-order chi connectivity index (χ1) is 8.69. The van der Waals surface area contributed by atoms with Crippen LogP contribution in [0.4, 0.5) is 0 Å². The van der Waals surface area contributed by atoms with Crippen molar-refractivity contribution in [1.29, 1.82) is 0 Å². The van der Waals surface area contributed by atoms with E-state index in [0.29, 0.717) is 18.7 Å². The Labute approximate surface area is 116 Å². The number of ether oxygens (including phenoxy) is 1. The predicted octanol–water partition coefficient (Wildman–Crippen LogP) is 3.54. The van der Waals surface area contributed by atoms with E-state index in [9.17, 15) is 4.79 Å². The van der Waals surface area contributed by atoms with Crippen molar-refractivity contribution in [3.05, 3.63) is 40.9 Å². The van der Waals surface area contributed by atoms with E-state index in [1.54, 1.807) is 18.2 Å². The fourth-order valence-corrected chi connectivity index (χ4v) is 1.85. The molecule has 1 N–H and O–H groups in total. The lowest BCUT2D eigenvalue weighted by Gasteiger charge is -2.09. The topological polar surface area (TPSA) is 38.3 Å². The lowest BCUT2D eigenvalue weighted by atomic mass is 10.2. The molecule has 0 aliphatic carbocycles. The second-order valence-corrected chi connectivity index (χ2v) is 4.70. The molecule has 0 spiro atoms. The maximum Gasteiger partial charge on any atom is 0.251 e. The smallest absolute Gasteiger partial charge is 0.251 e. The number of halogens is 1. The normalized spacial score (nSPS) is 9.89. The standard InChI is InChI=1S/C14H18BrNO2/c1-3-5-9-18-13-7-6-11(10-12(13)15)14(17)16-8-4-2/h4,6-7,10H,2-3,5,8-9H2,1H3,(H,16,17). The third-order valence-electron chi connectivity index (χ3n) is 2.36. The summed E-state index contributed by atoms with van der Waals surface area (Å²) in [6, 6.07) is 5.33. The number of hydrogen-bond acceptors (Lipinski definition) is 2. The van der Waals surface area contributed by atoms with E-state index in [-0.39, 0.29) is 5.91 Å². The minimum Gasteiger partial charge on any atom is -0.492 e. The Morgan fingerprint density at radius 3 is 2.94 bits per heavy atom. The van der Waals surface area contributed by atoms with Crippen LogP contribution in [-0.4, -0.2) is 19.1 Å². The van der Waals surface area contributed by atoms with Gasteiger partial charge in [-0.3, -0.25) is 4.79 Å². The van der Waals surface area contributed by atoms with Crippen molar-refractivity contribution in [3.63, 3.8) is 0 Å². The molecule has 0 aliphatic heterocycles. The van der Waals surface area contributed by atoms with Gasteiger partial charge in [0, 0.05) is 12.1 Å². The third-order valence-corrected chi connectivity index (χ3v) is 2.98. The van der Waals surface area contributed by atoms with Gasteiger partial charge in [-0.05, 0) is 40.5 Å². The first kappa shape index (κ1) is 14.8. The van der Waals surface area contributed by atoms with Crippen LogP contribution in [0.15, 0.2) is 35.3 Å². The third kappa shape index (κ3) is 4.53. The molecule has 0 bridgehead atoms. The molecule has 0 aliphatic rings. The summed E-state index contributed by atoms with van der Waals surface area (Å²) in [5, 5.41) is 2.73. The zero-order valence-electron chi connectivity index (χ0n) is 10.5. The molecule has 1 aromatic rings. The fourth-order valence-electron chi connectivity index (χ4n) is 1.35. The summed E-state index contributed by atoms with van der Waals surface area (Å²) in [5.74, 6) is 0.652. The molecular formula is C14H18BrNO2. The van der Waals surface area contributed by atoms with E-state index in [0.717, 1.165) is 23.1 Å². The summed E-state index contributed by atoms with van der Waals surface area (Å²) >= 11 is 3.41. The fraction of sp³-hybridized carbons (Fsp3) is 0.357. The van der Waals surface area contributed by atoms with Gasteiger partial charge < -0.3 is 10.1 Å². The van der Waals surface area contributed by atoms with Gasteiger partial charge in [-0.25, -0.2) is 0 Å². The molecule has 1 rings (SSSR count). The van der Waals surface area contributed by atoms with Crippen LogP contribution in [0.5, 0.6) is 5.75 Å². The second kappa shape index (κ2) is 7.93. The zero-order chi connectivity index (χ0) is 13.4. The highest BCUT2D eigenvalue weighted by Crippen LogP contribution is 2.26. The number of nitrogens with one attached hydrogen (secondary N) is 1. The van der Waals surface area contributed by atoms with Gasteiger partial charge in [0.1, 0.15) is 5.75 Å². The van der Waals surface area contributed by atoms with Crippen molar-refractivity contribution in [2.24, 2.45) is 0 Å². The number of benzene rings is 1. The summed E-state index contributed by atoms with van der Waals surface area (Å²) < 4.78 is 6.39. The molecule has 1 aromatic carbocycles. The lowest BCUT2D eigenvalue weighted by Crippen LogP contribution is -2.23. The van der Waals surface area contributed by atoms with Crippen molar-refractivity contribution in [3.8, 4) is 5.75 Å². The molecule has 0 fully saturated rings. The first-order valence-corrected chi connectivity index (χ1v) is 6.79. The Bertz CT molecular complexity index is 418. The van der Waals surface area contributed by atoms with Gasteiger partial charge in [0.2, 0.25) is 0 Å². The molecule has 0 aromatic heterocycles. The number of unbranched alkanes of at least 4 members (excludes halogenated alkanes) is 1. The van der Waals surface area contributed by atoms with Crippen LogP contribution in [0.1, 0.15) is 30.1 Å². The molecule has 3 nitrogen and oxygen atoms in total. The molecule has 0 atom stereocenters. The van der Waals surface area contributed by atoms with Gasteiger partial charge >= 0.3 is 0 Å². The Kier molecular flexibility index (Phi) is 6.50. The van der Waals surface area contributed by atoms with Gasteiger partial charge in [0.05, 0.1) is 11.1 Å². The summed E-state index contributed by atoms with van der Waals surface area (Å²) in [6.07, 6.45) is 3.77. The average molecular weight is 312 g/mol. The van der Waals surface area contributed by atoms with E-state index < -0.39 is 0 Å². The van der Waals surface area contributed by atoms with Crippen molar-refractivity contribution in [2.45, 2.75) is 19.8 Å². The highest BCUT2D eigenvalue weighted by Gasteiger charge is 2.08. The lowest BCUT2D eigenvalue weighted by molar-refractivity contribution is 0.0958. The number of amides is 1. The van der Waals surface area contributed by atoms with Crippen LogP contribution >= 0.6 is 15.9 Å². The van der Waals surface area contributed by atoms with Crippen molar-refractivity contribution in [2.75, 3.05) is 13.2 Å².